The van der Waals surface area contributed by atoms with Gasteiger partial charge in [0, 0.05) is 26.2 Å². The SMILES string of the molecule is COC(=O)c1scc(C)c1S(=O)(=O)N1CCNCC1.Cl. The predicted molar refractivity (Wildman–Crippen MR) is 79.3 cm³/mol. The molecule has 1 aromatic rings. The van der Waals surface area contributed by atoms with Crippen LogP contribution >= 0.6 is 23.7 Å². The van der Waals surface area contributed by atoms with E-state index in [0.29, 0.717) is 31.7 Å². The number of piperazine rings is 1. The van der Waals surface area contributed by atoms with E-state index in [1.165, 1.54) is 11.4 Å². The first-order valence-electron chi connectivity index (χ1n) is 5.85. The Morgan fingerprint density at radius 1 is 1.40 bits per heavy atom. The van der Waals surface area contributed by atoms with Crippen molar-refractivity contribution in [1.29, 1.82) is 0 Å². The zero-order chi connectivity index (χ0) is 14.0. The van der Waals surface area contributed by atoms with Gasteiger partial charge in [0.2, 0.25) is 10.0 Å². The van der Waals surface area contributed by atoms with Gasteiger partial charge in [-0.2, -0.15) is 4.31 Å². The molecule has 1 aliphatic heterocycles. The van der Waals surface area contributed by atoms with Crippen LogP contribution in [0.5, 0.6) is 0 Å². The fourth-order valence-corrected chi connectivity index (χ4v) is 5.10. The van der Waals surface area contributed by atoms with Gasteiger partial charge in [0.25, 0.3) is 0 Å². The van der Waals surface area contributed by atoms with E-state index < -0.39 is 16.0 Å². The highest BCUT2D eigenvalue weighted by Crippen LogP contribution is 2.30. The molecule has 0 amide bonds. The number of halogens is 1. The Labute approximate surface area is 128 Å². The molecule has 1 aliphatic rings. The second kappa shape index (κ2) is 6.86. The molecule has 0 bridgehead atoms. The average molecular weight is 341 g/mol. The van der Waals surface area contributed by atoms with Gasteiger partial charge < -0.3 is 10.1 Å². The number of hydrogen-bond acceptors (Lipinski definition) is 6. The largest absolute Gasteiger partial charge is 0.465 e. The average Bonchev–Trinajstić information content (AvgIpc) is 2.81. The summed E-state index contributed by atoms with van der Waals surface area (Å²) in [6.45, 7) is 3.76. The van der Waals surface area contributed by atoms with Crippen molar-refractivity contribution in [2.45, 2.75) is 11.8 Å². The number of esters is 1. The third kappa shape index (κ3) is 3.15. The van der Waals surface area contributed by atoms with Crippen LogP contribution in [0, 0.1) is 6.92 Å². The molecule has 2 heterocycles. The lowest BCUT2D eigenvalue weighted by atomic mass is 10.3. The van der Waals surface area contributed by atoms with Crippen molar-refractivity contribution in [1.82, 2.24) is 9.62 Å². The molecule has 2 rings (SSSR count). The van der Waals surface area contributed by atoms with Gasteiger partial charge in [-0.05, 0) is 17.9 Å². The van der Waals surface area contributed by atoms with Crippen molar-refractivity contribution in [2.24, 2.45) is 0 Å². The Morgan fingerprint density at radius 2 is 2.00 bits per heavy atom. The molecular weight excluding hydrogens is 324 g/mol. The molecule has 0 unspecified atom stereocenters. The number of hydrogen-bond donors (Lipinski definition) is 1. The Bertz CT molecular complexity index is 579. The van der Waals surface area contributed by atoms with Crippen LogP contribution in [0.2, 0.25) is 0 Å². The van der Waals surface area contributed by atoms with Crippen molar-refractivity contribution in [3.05, 3.63) is 15.8 Å². The number of thiophene rings is 1. The summed E-state index contributed by atoms with van der Waals surface area (Å²) in [5.74, 6) is -0.605. The summed E-state index contributed by atoms with van der Waals surface area (Å²) in [6, 6.07) is 0. The van der Waals surface area contributed by atoms with Gasteiger partial charge in [0.1, 0.15) is 9.77 Å². The number of methoxy groups -OCH3 is 1. The minimum atomic E-state index is -3.63. The van der Waals surface area contributed by atoms with Gasteiger partial charge in [0.15, 0.2) is 0 Å². The Kier molecular flexibility index (Phi) is 5.96. The number of carbonyl (C=O) groups excluding carboxylic acids is 1. The number of carbonyl (C=O) groups is 1. The highest BCUT2D eigenvalue weighted by atomic mass is 35.5. The van der Waals surface area contributed by atoms with Gasteiger partial charge in [-0.3, -0.25) is 0 Å². The standard InChI is InChI=1S/C11H16N2O4S2.ClH/c1-8-7-18-9(11(14)17-2)10(8)19(15,16)13-5-3-12-4-6-13;/h7,12H,3-6H2,1-2H3;1H. The molecular formula is C11H17ClN2O4S2. The number of aryl methyl sites for hydroxylation is 1. The number of rotatable bonds is 3. The number of nitrogens with zero attached hydrogens (tertiary/aromatic N) is 1. The van der Waals surface area contributed by atoms with Crippen LogP contribution in [0.1, 0.15) is 15.2 Å². The lowest BCUT2D eigenvalue weighted by molar-refractivity contribution is 0.0602. The molecule has 1 saturated heterocycles. The molecule has 0 spiro atoms. The van der Waals surface area contributed by atoms with Crippen molar-refractivity contribution in [3.63, 3.8) is 0 Å². The van der Waals surface area contributed by atoms with Crippen LogP contribution in [0.15, 0.2) is 10.3 Å². The van der Waals surface area contributed by atoms with Crippen LogP contribution in [0.25, 0.3) is 0 Å². The zero-order valence-corrected chi connectivity index (χ0v) is 13.7. The molecule has 1 fully saturated rings. The summed E-state index contributed by atoms with van der Waals surface area (Å²) in [7, 11) is -2.38. The van der Waals surface area contributed by atoms with Gasteiger partial charge in [0.05, 0.1) is 7.11 Å². The summed E-state index contributed by atoms with van der Waals surface area (Å²) in [4.78, 5) is 11.9. The van der Waals surface area contributed by atoms with E-state index in [1.807, 2.05) is 0 Å². The van der Waals surface area contributed by atoms with Gasteiger partial charge >= 0.3 is 5.97 Å². The summed E-state index contributed by atoms with van der Waals surface area (Å²) >= 11 is 1.10. The van der Waals surface area contributed by atoms with Crippen molar-refractivity contribution >= 4 is 39.7 Å². The minimum absolute atomic E-state index is 0. The molecule has 1 aromatic heterocycles. The molecule has 0 aromatic carbocycles. The summed E-state index contributed by atoms with van der Waals surface area (Å²) in [6.07, 6.45) is 0. The van der Waals surface area contributed by atoms with E-state index in [9.17, 15) is 13.2 Å². The topological polar surface area (TPSA) is 75.7 Å². The van der Waals surface area contributed by atoms with Crippen LogP contribution in [-0.2, 0) is 14.8 Å². The maximum Gasteiger partial charge on any atom is 0.349 e. The molecule has 0 atom stereocenters. The highest BCUT2D eigenvalue weighted by Gasteiger charge is 2.33. The maximum atomic E-state index is 12.6. The van der Waals surface area contributed by atoms with E-state index in [2.05, 4.69) is 10.1 Å². The van der Waals surface area contributed by atoms with Crippen LogP contribution < -0.4 is 5.32 Å². The van der Waals surface area contributed by atoms with E-state index >= 15 is 0 Å². The Hall–Kier alpha value is -0.670. The maximum absolute atomic E-state index is 12.6. The van der Waals surface area contributed by atoms with Crippen molar-refractivity contribution in [3.8, 4) is 0 Å². The number of sulfonamides is 1. The molecule has 1 N–H and O–H groups in total. The Balaban J connectivity index is 0.00000200. The van der Waals surface area contributed by atoms with E-state index in [4.69, 9.17) is 0 Å². The fraction of sp³-hybridized carbons (Fsp3) is 0.545. The molecule has 0 saturated carbocycles. The van der Waals surface area contributed by atoms with E-state index in [0.717, 1.165) is 11.3 Å². The van der Waals surface area contributed by atoms with Gasteiger partial charge in [-0.1, -0.05) is 0 Å². The molecule has 9 heteroatoms. The first-order chi connectivity index (χ1) is 8.98. The molecule has 0 radical (unpaired) electrons. The second-order valence-electron chi connectivity index (χ2n) is 4.22. The minimum Gasteiger partial charge on any atom is -0.465 e. The fourth-order valence-electron chi connectivity index (χ4n) is 2.00. The molecule has 20 heavy (non-hydrogen) atoms. The summed E-state index contributed by atoms with van der Waals surface area (Å²) in [5, 5.41) is 4.77. The summed E-state index contributed by atoms with van der Waals surface area (Å²) in [5.41, 5.74) is 0.587. The Morgan fingerprint density at radius 3 is 2.55 bits per heavy atom. The number of nitrogens with one attached hydrogen (secondary N) is 1. The third-order valence-electron chi connectivity index (χ3n) is 2.96. The number of ether oxygens (including phenoxy) is 1. The van der Waals surface area contributed by atoms with Crippen molar-refractivity contribution in [2.75, 3.05) is 33.3 Å². The van der Waals surface area contributed by atoms with Crippen LogP contribution in [0.4, 0.5) is 0 Å². The lowest BCUT2D eigenvalue weighted by Crippen LogP contribution is -2.46. The zero-order valence-electron chi connectivity index (χ0n) is 11.2. The normalized spacial score (nSPS) is 16.5. The smallest absolute Gasteiger partial charge is 0.349 e. The molecule has 0 aliphatic carbocycles. The molecule has 114 valence electrons. The van der Waals surface area contributed by atoms with Gasteiger partial charge in [-0.15, -0.1) is 23.7 Å². The first-order valence-corrected chi connectivity index (χ1v) is 8.17. The monoisotopic (exact) mass is 340 g/mol. The van der Waals surface area contributed by atoms with Crippen LogP contribution in [-0.4, -0.2) is 52.0 Å². The van der Waals surface area contributed by atoms with Crippen molar-refractivity contribution < 1.29 is 17.9 Å². The summed E-state index contributed by atoms with van der Waals surface area (Å²) < 4.78 is 31.3. The molecule has 6 nitrogen and oxygen atoms in total. The highest BCUT2D eigenvalue weighted by molar-refractivity contribution is 7.89. The second-order valence-corrected chi connectivity index (χ2v) is 6.98. The van der Waals surface area contributed by atoms with Crippen LogP contribution in [0.3, 0.4) is 0 Å². The third-order valence-corrected chi connectivity index (χ3v) is 6.26. The quantitative estimate of drug-likeness (QED) is 0.826. The predicted octanol–water partition coefficient (Wildman–Crippen LogP) is 0.859. The first kappa shape index (κ1) is 17.4. The van der Waals surface area contributed by atoms with Gasteiger partial charge in [-0.25, -0.2) is 13.2 Å². The van der Waals surface area contributed by atoms with E-state index in [-0.39, 0.29) is 22.2 Å². The van der Waals surface area contributed by atoms with E-state index in [1.54, 1.807) is 12.3 Å². The lowest BCUT2D eigenvalue weighted by Gasteiger charge is -2.26.